The van der Waals surface area contributed by atoms with E-state index in [1.54, 1.807) is 0 Å². The van der Waals surface area contributed by atoms with E-state index in [0.717, 1.165) is 6.07 Å². The molecule has 21 heavy (non-hydrogen) atoms. The third kappa shape index (κ3) is 2.99. The van der Waals surface area contributed by atoms with E-state index >= 15 is 0 Å². The second-order valence-electron chi connectivity index (χ2n) is 3.91. The second kappa shape index (κ2) is 5.61. The summed E-state index contributed by atoms with van der Waals surface area (Å²) in [6.07, 6.45) is 1.19. The fourth-order valence-corrected chi connectivity index (χ4v) is 1.58. The molecule has 0 aliphatic heterocycles. The molecule has 0 aliphatic rings. The number of nitrogens with one attached hydrogen (secondary N) is 1. The molecule has 0 spiro atoms. The van der Waals surface area contributed by atoms with Gasteiger partial charge in [0.15, 0.2) is 17.5 Å². The van der Waals surface area contributed by atoms with Gasteiger partial charge >= 0.3 is 5.97 Å². The molecule has 108 valence electrons. The summed E-state index contributed by atoms with van der Waals surface area (Å²) in [6.45, 7) is 0. The molecule has 8 heteroatoms. The lowest BCUT2D eigenvalue weighted by atomic mass is 10.2. The minimum Gasteiger partial charge on any atom is -0.478 e. The molecule has 1 aromatic carbocycles. The van der Waals surface area contributed by atoms with Crippen LogP contribution in [-0.4, -0.2) is 22.0 Å². The van der Waals surface area contributed by atoms with Crippen molar-refractivity contribution < 1.29 is 27.9 Å². The molecule has 0 bridgehead atoms. The van der Waals surface area contributed by atoms with Crippen molar-refractivity contribution in [2.45, 2.75) is 0 Å². The number of anilines is 1. The van der Waals surface area contributed by atoms with Gasteiger partial charge in [-0.25, -0.2) is 18.0 Å². The van der Waals surface area contributed by atoms with Crippen LogP contribution in [0.3, 0.4) is 0 Å². The van der Waals surface area contributed by atoms with E-state index in [9.17, 15) is 22.8 Å². The molecule has 1 heterocycles. The first-order chi connectivity index (χ1) is 9.90. The quantitative estimate of drug-likeness (QED) is 0.853. The molecule has 1 aromatic heterocycles. The summed E-state index contributed by atoms with van der Waals surface area (Å²) in [6, 6.07) is 3.60. The third-order valence-electron chi connectivity index (χ3n) is 2.49. The summed E-state index contributed by atoms with van der Waals surface area (Å²) in [5, 5.41) is 11.0. The van der Waals surface area contributed by atoms with Gasteiger partial charge in [-0.15, -0.1) is 0 Å². The van der Waals surface area contributed by atoms with Gasteiger partial charge in [0.2, 0.25) is 0 Å². The van der Waals surface area contributed by atoms with Gasteiger partial charge in [0.25, 0.3) is 5.91 Å². The summed E-state index contributed by atoms with van der Waals surface area (Å²) in [5.41, 5.74) is -1.17. The smallest absolute Gasteiger partial charge is 0.338 e. The van der Waals surface area contributed by atoms with E-state index < -0.39 is 35.0 Å². The number of carboxylic acid groups (broad SMARTS) is 1. The molecule has 5 nitrogen and oxygen atoms in total. The normalized spacial score (nSPS) is 10.2. The van der Waals surface area contributed by atoms with E-state index in [1.165, 1.54) is 12.3 Å². The number of amides is 1. The molecule has 0 aliphatic carbocycles. The summed E-state index contributed by atoms with van der Waals surface area (Å²) in [4.78, 5) is 26.4. The Labute approximate surface area is 116 Å². The third-order valence-corrected chi connectivity index (χ3v) is 2.49. The van der Waals surface area contributed by atoms with Gasteiger partial charge in [0, 0.05) is 24.0 Å². The molecule has 0 unspecified atom stereocenters. The van der Waals surface area contributed by atoms with Crippen LogP contribution in [0.15, 0.2) is 30.5 Å². The van der Waals surface area contributed by atoms with E-state index in [2.05, 4.69) is 10.3 Å². The predicted octanol–water partition coefficient (Wildman–Crippen LogP) is 2.45. The summed E-state index contributed by atoms with van der Waals surface area (Å²) in [7, 11) is 0. The molecule has 2 N–H and O–H groups in total. The zero-order valence-electron chi connectivity index (χ0n) is 10.2. The Balaban J connectivity index is 2.33. The van der Waals surface area contributed by atoms with Gasteiger partial charge in [0.05, 0.1) is 5.56 Å². The van der Waals surface area contributed by atoms with Crippen molar-refractivity contribution in [1.82, 2.24) is 4.98 Å². The summed E-state index contributed by atoms with van der Waals surface area (Å²) >= 11 is 0. The molecule has 2 aromatic rings. The lowest BCUT2D eigenvalue weighted by Crippen LogP contribution is -2.18. The van der Waals surface area contributed by atoms with Gasteiger partial charge in [-0.3, -0.25) is 9.78 Å². The fraction of sp³-hybridized carbons (Fsp3) is 0. The number of benzene rings is 1. The number of nitrogens with zero attached hydrogens (tertiary/aromatic N) is 1. The Morgan fingerprint density at radius 1 is 1.14 bits per heavy atom. The number of aromatic carboxylic acids is 1. The molecule has 0 saturated carbocycles. The van der Waals surface area contributed by atoms with E-state index in [-0.39, 0.29) is 11.3 Å². The van der Waals surface area contributed by atoms with Crippen LogP contribution >= 0.6 is 0 Å². The largest absolute Gasteiger partial charge is 0.478 e. The van der Waals surface area contributed by atoms with Gasteiger partial charge in [-0.1, -0.05) is 0 Å². The predicted molar refractivity (Wildman–Crippen MR) is 65.5 cm³/mol. The highest BCUT2D eigenvalue weighted by Gasteiger charge is 2.19. The first-order valence-corrected chi connectivity index (χ1v) is 5.54. The molecule has 0 saturated heterocycles. The van der Waals surface area contributed by atoms with Crippen LogP contribution in [0.25, 0.3) is 0 Å². The number of pyridine rings is 1. The van der Waals surface area contributed by atoms with Crippen molar-refractivity contribution in [2.75, 3.05) is 5.32 Å². The van der Waals surface area contributed by atoms with Crippen LogP contribution in [-0.2, 0) is 0 Å². The van der Waals surface area contributed by atoms with Crippen molar-refractivity contribution in [2.24, 2.45) is 0 Å². The maximum absolute atomic E-state index is 13.0. The molecular formula is C13H7F3N2O3. The number of rotatable bonds is 3. The second-order valence-corrected chi connectivity index (χ2v) is 3.91. The molecule has 1 amide bonds. The first kappa shape index (κ1) is 14.5. The highest BCUT2D eigenvalue weighted by molar-refractivity contribution is 6.09. The fourth-order valence-electron chi connectivity index (χ4n) is 1.58. The Morgan fingerprint density at radius 2 is 1.76 bits per heavy atom. The van der Waals surface area contributed by atoms with Crippen molar-refractivity contribution in [3.05, 3.63) is 59.2 Å². The average Bonchev–Trinajstić information content (AvgIpc) is 2.44. The summed E-state index contributed by atoms with van der Waals surface area (Å²) in [5.74, 6) is -7.00. The maximum Gasteiger partial charge on any atom is 0.338 e. The van der Waals surface area contributed by atoms with Crippen LogP contribution in [0, 0.1) is 17.5 Å². The number of halogens is 3. The summed E-state index contributed by atoms with van der Waals surface area (Å²) < 4.78 is 38.8. The number of carbonyl (C=O) groups excluding carboxylic acids is 1. The van der Waals surface area contributed by atoms with Crippen molar-refractivity contribution in [3.8, 4) is 0 Å². The molecular weight excluding hydrogens is 289 g/mol. The van der Waals surface area contributed by atoms with E-state index in [1.807, 2.05) is 0 Å². The van der Waals surface area contributed by atoms with Crippen LogP contribution in [0.1, 0.15) is 20.8 Å². The van der Waals surface area contributed by atoms with E-state index in [4.69, 9.17) is 5.11 Å². The average molecular weight is 296 g/mol. The van der Waals surface area contributed by atoms with Crippen LogP contribution < -0.4 is 5.32 Å². The van der Waals surface area contributed by atoms with Crippen molar-refractivity contribution in [1.29, 1.82) is 0 Å². The van der Waals surface area contributed by atoms with Crippen LogP contribution in [0.2, 0.25) is 0 Å². The van der Waals surface area contributed by atoms with Gasteiger partial charge in [-0.05, 0) is 12.1 Å². The van der Waals surface area contributed by atoms with Crippen molar-refractivity contribution >= 4 is 17.6 Å². The molecule has 0 atom stereocenters. The minimum atomic E-state index is -1.67. The van der Waals surface area contributed by atoms with E-state index in [0.29, 0.717) is 12.1 Å². The number of carbonyl (C=O) groups is 2. The zero-order valence-corrected chi connectivity index (χ0v) is 10.2. The topological polar surface area (TPSA) is 79.3 Å². The Bertz CT molecular complexity index is 711. The number of aromatic nitrogens is 1. The molecule has 2 rings (SSSR count). The van der Waals surface area contributed by atoms with Crippen molar-refractivity contribution in [3.63, 3.8) is 0 Å². The number of hydrogen-bond donors (Lipinski definition) is 2. The van der Waals surface area contributed by atoms with Gasteiger partial charge in [-0.2, -0.15) is 0 Å². The Morgan fingerprint density at radius 3 is 2.33 bits per heavy atom. The highest BCUT2D eigenvalue weighted by Crippen LogP contribution is 2.18. The first-order valence-electron chi connectivity index (χ1n) is 5.54. The zero-order chi connectivity index (χ0) is 15.6. The lowest BCUT2D eigenvalue weighted by molar-refractivity contribution is 0.0691. The highest BCUT2D eigenvalue weighted by atomic mass is 19.2. The maximum atomic E-state index is 13.0. The van der Waals surface area contributed by atoms with Crippen LogP contribution in [0.4, 0.5) is 18.9 Å². The number of carboxylic acids is 1. The molecule has 0 fully saturated rings. The minimum absolute atomic E-state index is 0.363. The van der Waals surface area contributed by atoms with Gasteiger partial charge < -0.3 is 10.4 Å². The standard InChI is InChI=1S/C13H7F3N2O3/c14-8-4-6(5-9(15)10(8)16)18-12(19)11-7(13(20)21)2-1-3-17-11/h1-5H,(H,18,19)(H,20,21). The Hall–Kier alpha value is -2.90. The lowest BCUT2D eigenvalue weighted by Gasteiger charge is -2.07. The van der Waals surface area contributed by atoms with Gasteiger partial charge in [0.1, 0.15) is 5.69 Å². The number of hydrogen-bond acceptors (Lipinski definition) is 3. The monoisotopic (exact) mass is 296 g/mol. The Kier molecular flexibility index (Phi) is 3.88. The van der Waals surface area contributed by atoms with Crippen LogP contribution in [0.5, 0.6) is 0 Å². The SMILES string of the molecule is O=C(O)c1cccnc1C(=O)Nc1cc(F)c(F)c(F)c1. The molecule has 0 radical (unpaired) electrons.